The molecule has 1 heterocycles. The number of nitrogens with zero attached hydrogens (tertiary/aromatic N) is 1. The number of amides is 2. The van der Waals surface area contributed by atoms with Gasteiger partial charge in [0.15, 0.2) is 5.69 Å². The molecule has 0 aliphatic heterocycles. The lowest BCUT2D eigenvalue weighted by atomic mass is 10.0. The van der Waals surface area contributed by atoms with Gasteiger partial charge in [-0.2, -0.15) is 0 Å². The molecule has 0 radical (unpaired) electrons. The van der Waals surface area contributed by atoms with E-state index in [0.29, 0.717) is 22.4 Å². The zero-order valence-corrected chi connectivity index (χ0v) is 13.1. The summed E-state index contributed by atoms with van der Waals surface area (Å²) in [4.78, 5) is 27.2. The molecule has 0 unspecified atom stereocenters. The molecule has 24 heavy (non-hydrogen) atoms. The summed E-state index contributed by atoms with van der Waals surface area (Å²) < 4.78 is 4.84. The second-order valence-electron chi connectivity index (χ2n) is 4.96. The highest BCUT2D eigenvalue weighted by Gasteiger charge is 2.14. The van der Waals surface area contributed by atoms with Crippen LogP contribution in [0.3, 0.4) is 0 Å². The first-order valence-corrected chi connectivity index (χ1v) is 7.01. The molecular formula is C17H17N3O4. The second-order valence-corrected chi connectivity index (χ2v) is 4.96. The van der Waals surface area contributed by atoms with E-state index in [4.69, 9.17) is 10.5 Å². The predicted octanol–water partition coefficient (Wildman–Crippen LogP) is 1.44. The van der Waals surface area contributed by atoms with Gasteiger partial charge in [0.25, 0.3) is 5.91 Å². The fraction of sp³-hybridized carbons (Fsp3) is 0.118. The van der Waals surface area contributed by atoms with Crippen LogP contribution in [0.15, 0.2) is 48.9 Å². The van der Waals surface area contributed by atoms with Crippen LogP contribution < -0.4 is 11.1 Å². The van der Waals surface area contributed by atoms with Crippen LogP contribution in [0.4, 0.5) is 0 Å². The third-order valence-electron chi connectivity index (χ3n) is 3.30. The van der Waals surface area contributed by atoms with E-state index < -0.39 is 11.8 Å². The van der Waals surface area contributed by atoms with Crippen LogP contribution >= 0.6 is 0 Å². The maximum Gasteiger partial charge on any atom is 0.274 e. The van der Waals surface area contributed by atoms with E-state index in [1.807, 2.05) is 0 Å². The van der Waals surface area contributed by atoms with Crippen molar-refractivity contribution in [2.75, 3.05) is 13.7 Å². The number of nitrogens with one attached hydrogen (secondary N) is 1. The van der Waals surface area contributed by atoms with Gasteiger partial charge in [-0.15, -0.1) is 0 Å². The van der Waals surface area contributed by atoms with E-state index in [1.165, 1.54) is 19.4 Å². The van der Waals surface area contributed by atoms with Crippen LogP contribution in [-0.2, 0) is 4.74 Å². The number of methoxy groups -OCH3 is 1. The Morgan fingerprint density at radius 3 is 2.71 bits per heavy atom. The predicted molar refractivity (Wildman–Crippen MR) is 88.3 cm³/mol. The van der Waals surface area contributed by atoms with E-state index in [1.54, 1.807) is 24.3 Å². The third-order valence-corrected chi connectivity index (χ3v) is 3.30. The van der Waals surface area contributed by atoms with Crippen molar-refractivity contribution in [3.8, 4) is 16.9 Å². The Labute approximate surface area is 138 Å². The lowest BCUT2D eigenvalue weighted by Crippen LogP contribution is -2.26. The Morgan fingerprint density at radius 2 is 2.08 bits per heavy atom. The monoisotopic (exact) mass is 327 g/mol. The fourth-order valence-corrected chi connectivity index (χ4v) is 1.97. The molecule has 4 N–H and O–H groups in total. The fourth-order valence-electron chi connectivity index (χ4n) is 1.97. The van der Waals surface area contributed by atoms with Crippen molar-refractivity contribution in [1.29, 1.82) is 0 Å². The number of hydrogen-bond acceptors (Lipinski definition) is 5. The van der Waals surface area contributed by atoms with Crippen molar-refractivity contribution in [2.45, 2.75) is 0 Å². The van der Waals surface area contributed by atoms with E-state index in [9.17, 15) is 14.7 Å². The molecule has 2 amide bonds. The minimum absolute atomic E-state index is 0.110. The molecule has 0 aliphatic rings. The average molecular weight is 327 g/mol. The van der Waals surface area contributed by atoms with Gasteiger partial charge in [0.05, 0.1) is 13.7 Å². The number of ether oxygens (including phenoxy) is 1. The third kappa shape index (κ3) is 3.89. The van der Waals surface area contributed by atoms with E-state index in [2.05, 4.69) is 16.9 Å². The van der Waals surface area contributed by atoms with Crippen LogP contribution in [0.1, 0.15) is 20.8 Å². The highest BCUT2D eigenvalue weighted by atomic mass is 16.5. The van der Waals surface area contributed by atoms with Crippen LogP contribution in [0.5, 0.6) is 5.75 Å². The highest BCUT2D eigenvalue weighted by Crippen LogP contribution is 2.25. The molecular weight excluding hydrogens is 310 g/mol. The molecule has 2 rings (SSSR count). The largest absolute Gasteiger partial charge is 0.505 e. The molecule has 2 aromatic rings. The quantitative estimate of drug-likeness (QED) is 0.695. The molecule has 0 spiro atoms. The molecule has 124 valence electrons. The molecule has 1 aromatic carbocycles. The second kappa shape index (κ2) is 7.28. The van der Waals surface area contributed by atoms with Gasteiger partial charge in [-0.05, 0) is 23.8 Å². The number of hydrogen-bond donors (Lipinski definition) is 3. The summed E-state index contributed by atoms with van der Waals surface area (Å²) in [7, 11) is 1.44. The summed E-state index contributed by atoms with van der Waals surface area (Å²) in [5.41, 5.74) is 6.67. The number of pyridine rings is 1. The summed E-state index contributed by atoms with van der Waals surface area (Å²) in [5, 5.41) is 12.6. The Hall–Kier alpha value is -3.35. The number of rotatable bonds is 6. The average Bonchev–Trinajstić information content (AvgIpc) is 2.59. The first-order chi connectivity index (χ1) is 11.4. The lowest BCUT2D eigenvalue weighted by Gasteiger charge is -2.09. The van der Waals surface area contributed by atoms with Crippen LogP contribution in [-0.4, -0.2) is 35.6 Å². The molecule has 0 aliphatic carbocycles. The molecule has 0 saturated heterocycles. The van der Waals surface area contributed by atoms with E-state index in [0.717, 1.165) is 0 Å². The Kier molecular flexibility index (Phi) is 5.16. The van der Waals surface area contributed by atoms with Crippen molar-refractivity contribution in [3.05, 3.63) is 60.1 Å². The summed E-state index contributed by atoms with van der Waals surface area (Å²) in [6, 6.07) is 7.98. The molecule has 0 atom stereocenters. The topological polar surface area (TPSA) is 115 Å². The molecule has 0 saturated carbocycles. The van der Waals surface area contributed by atoms with Crippen molar-refractivity contribution in [3.63, 3.8) is 0 Å². The van der Waals surface area contributed by atoms with E-state index >= 15 is 0 Å². The van der Waals surface area contributed by atoms with E-state index in [-0.39, 0.29) is 18.0 Å². The number of benzene rings is 1. The Morgan fingerprint density at radius 1 is 1.33 bits per heavy atom. The first kappa shape index (κ1) is 17.0. The van der Waals surface area contributed by atoms with Crippen LogP contribution in [0, 0.1) is 0 Å². The van der Waals surface area contributed by atoms with Gasteiger partial charge in [-0.25, -0.2) is 4.98 Å². The van der Waals surface area contributed by atoms with Crippen molar-refractivity contribution < 1.29 is 19.4 Å². The van der Waals surface area contributed by atoms with Crippen LogP contribution in [0.2, 0.25) is 0 Å². The normalized spacial score (nSPS) is 10.0. The first-order valence-electron chi connectivity index (χ1n) is 7.01. The number of primary amides is 1. The molecule has 0 bridgehead atoms. The lowest BCUT2D eigenvalue weighted by molar-refractivity contribution is 0.0941. The Balaban J connectivity index is 2.23. The summed E-state index contributed by atoms with van der Waals surface area (Å²) in [6.07, 6.45) is 1.43. The van der Waals surface area contributed by atoms with Gasteiger partial charge in [-0.3, -0.25) is 9.59 Å². The maximum absolute atomic E-state index is 12.0. The molecule has 0 fully saturated rings. The number of nitrogens with two attached hydrogens (primary N) is 1. The molecule has 1 aromatic heterocycles. The van der Waals surface area contributed by atoms with Gasteiger partial charge in [0.1, 0.15) is 11.5 Å². The number of carbonyl (C=O) groups is 2. The standard InChI is InChI=1S/C17H17N3O4/c1-10(24-2)8-20-17(23)15-14(21)7-13(9-19-15)11-4-3-5-12(6-11)16(18)22/h3-7,9,21H,1,8H2,2H3,(H2,18,22)(H,20,23). The van der Waals surface area contributed by atoms with Gasteiger partial charge < -0.3 is 20.9 Å². The summed E-state index contributed by atoms with van der Waals surface area (Å²) in [5.74, 6) is -1.01. The van der Waals surface area contributed by atoms with Gasteiger partial charge in [0.2, 0.25) is 5.91 Å². The Bertz CT molecular complexity index is 802. The maximum atomic E-state index is 12.0. The highest BCUT2D eigenvalue weighted by molar-refractivity contribution is 5.96. The minimum Gasteiger partial charge on any atom is -0.505 e. The SMILES string of the molecule is C=C(CNC(=O)c1ncc(-c2cccc(C(N)=O)c2)cc1O)OC. The van der Waals surface area contributed by atoms with Crippen LogP contribution in [0.25, 0.3) is 11.1 Å². The van der Waals surface area contributed by atoms with Crippen molar-refractivity contribution in [2.24, 2.45) is 5.73 Å². The zero-order chi connectivity index (χ0) is 17.7. The van der Waals surface area contributed by atoms with Crippen molar-refractivity contribution in [1.82, 2.24) is 10.3 Å². The smallest absolute Gasteiger partial charge is 0.274 e. The molecule has 7 heteroatoms. The number of carbonyl (C=O) groups excluding carboxylic acids is 2. The number of aromatic hydroxyl groups is 1. The van der Waals surface area contributed by atoms with Gasteiger partial charge in [-0.1, -0.05) is 18.7 Å². The number of aromatic nitrogens is 1. The minimum atomic E-state index is -0.553. The summed E-state index contributed by atoms with van der Waals surface area (Å²) in [6.45, 7) is 3.69. The zero-order valence-electron chi connectivity index (χ0n) is 13.1. The molecule has 7 nitrogen and oxygen atoms in total. The van der Waals surface area contributed by atoms with Crippen molar-refractivity contribution >= 4 is 11.8 Å². The summed E-state index contributed by atoms with van der Waals surface area (Å²) >= 11 is 0. The van der Waals surface area contributed by atoms with Gasteiger partial charge in [0, 0.05) is 17.3 Å². The van der Waals surface area contributed by atoms with Gasteiger partial charge >= 0.3 is 0 Å².